The first-order valence-electron chi connectivity index (χ1n) is 6.26. The first-order valence-corrected chi connectivity index (χ1v) is 7.05. The van der Waals surface area contributed by atoms with Gasteiger partial charge in [-0.25, -0.2) is 0 Å². The molecule has 0 saturated carbocycles. The van der Waals surface area contributed by atoms with Crippen molar-refractivity contribution in [2.24, 2.45) is 7.05 Å². The minimum Gasteiger partial charge on any atom is -0.493 e. The largest absolute Gasteiger partial charge is 0.493 e. The quantitative estimate of drug-likeness (QED) is 0.928. The van der Waals surface area contributed by atoms with Crippen molar-refractivity contribution in [3.05, 3.63) is 22.8 Å². The molecule has 0 aliphatic rings. The van der Waals surface area contributed by atoms with Gasteiger partial charge in [0.2, 0.25) is 0 Å². The first kappa shape index (κ1) is 14.7. The normalized spacial score (nSPS) is 10.9. The molecule has 6 heteroatoms. The summed E-state index contributed by atoms with van der Waals surface area (Å²) < 4.78 is 13.6. The lowest BCUT2D eigenvalue weighted by atomic mass is 10.1. The molecule has 0 amide bonds. The summed E-state index contributed by atoms with van der Waals surface area (Å²) in [4.78, 5) is 0. The minimum atomic E-state index is 0.0742. The van der Waals surface area contributed by atoms with E-state index >= 15 is 0 Å². The van der Waals surface area contributed by atoms with Crippen molar-refractivity contribution in [2.45, 2.75) is 20.0 Å². The van der Waals surface area contributed by atoms with Gasteiger partial charge >= 0.3 is 0 Å². The molecule has 2 rings (SSSR count). The van der Waals surface area contributed by atoms with E-state index in [1.807, 2.05) is 26.0 Å². The molecular formula is C14H18BrN3O2. The molecule has 1 aromatic carbocycles. The van der Waals surface area contributed by atoms with E-state index in [1.165, 1.54) is 0 Å². The number of rotatable bonds is 4. The molecule has 20 heavy (non-hydrogen) atoms. The van der Waals surface area contributed by atoms with Gasteiger partial charge in [0.1, 0.15) is 5.82 Å². The topological polar surface area (TPSA) is 62.3 Å². The Balaban J connectivity index is 2.53. The Kier molecular flexibility index (Phi) is 4.23. The van der Waals surface area contributed by atoms with Gasteiger partial charge in [-0.05, 0) is 26.0 Å². The molecule has 0 aliphatic heterocycles. The SMILES string of the molecule is COc1cc(-c2cnn(C)c2N)c(Br)cc1OC(C)C. The molecule has 0 spiro atoms. The third-order valence-corrected chi connectivity index (χ3v) is 3.55. The van der Waals surface area contributed by atoms with Gasteiger partial charge in [0.25, 0.3) is 0 Å². The molecular weight excluding hydrogens is 322 g/mol. The summed E-state index contributed by atoms with van der Waals surface area (Å²) in [5.74, 6) is 1.96. The van der Waals surface area contributed by atoms with E-state index in [0.29, 0.717) is 17.3 Å². The average Bonchev–Trinajstić information content (AvgIpc) is 2.70. The summed E-state index contributed by atoms with van der Waals surface area (Å²) in [5, 5.41) is 4.16. The van der Waals surface area contributed by atoms with Gasteiger partial charge in [-0.15, -0.1) is 0 Å². The van der Waals surface area contributed by atoms with Crippen LogP contribution >= 0.6 is 15.9 Å². The molecule has 2 aromatic rings. The van der Waals surface area contributed by atoms with Crippen LogP contribution in [0.25, 0.3) is 11.1 Å². The van der Waals surface area contributed by atoms with E-state index < -0.39 is 0 Å². The van der Waals surface area contributed by atoms with Crippen LogP contribution in [-0.2, 0) is 7.05 Å². The van der Waals surface area contributed by atoms with Crippen LogP contribution in [0.2, 0.25) is 0 Å². The van der Waals surface area contributed by atoms with Gasteiger partial charge in [0.15, 0.2) is 11.5 Å². The van der Waals surface area contributed by atoms with E-state index in [4.69, 9.17) is 15.2 Å². The zero-order valence-electron chi connectivity index (χ0n) is 12.0. The highest BCUT2D eigenvalue weighted by Crippen LogP contribution is 2.40. The predicted octanol–water partition coefficient (Wildman–Crippen LogP) is 3.23. The number of aromatic nitrogens is 2. The molecule has 0 unspecified atom stereocenters. The Morgan fingerprint density at radius 1 is 1.25 bits per heavy atom. The third kappa shape index (κ3) is 2.75. The van der Waals surface area contributed by atoms with Crippen LogP contribution in [0.5, 0.6) is 11.5 Å². The summed E-state index contributed by atoms with van der Waals surface area (Å²) in [6.45, 7) is 3.95. The molecule has 108 valence electrons. The maximum absolute atomic E-state index is 6.02. The highest BCUT2D eigenvalue weighted by molar-refractivity contribution is 9.10. The van der Waals surface area contributed by atoms with Crippen molar-refractivity contribution in [3.63, 3.8) is 0 Å². The van der Waals surface area contributed by atoms with Gasteiger partial charge < -0.3 is 15.2 Å². The zero-order chi connectivity index (χ0) is 14.9. The van der Waals surface area contributed by atoms with E-state index in [1.54, 1.807) is 25.0 Å². The number of nitrogen functional groups attached to an aromatic ring is 1. The number of nitrogens with two attached hydrogens (primary N) is 1. The van der Waals surface area contributed by atoms with Crippen LogP contribution < -0.4 is 15.2 Å². The molecule has 5 nitrogen and oxygen atoms in total. The number of ether oxygens (including phenoxy) is 2. The number of aryl methyl sites for hydroxylation is 1. The average molecular weight is 340 g/mol. The second-order valence-corrected chi connectivity index (χ2v) is 5.57. The van der Waals surface area contributed by atoms with Crippen molar-refractivity contribution in [1.29, 1.82) is 0 Å². The molecule has 0 saturated heterocycles. The van der Waals surface area contributed by atoms with Gasteiger partial charge in [0, 0.05) is 22.6 Å². The number of halogens is 1. The summed E-state index contributed by atoms with van der Waals surface area (Å²) in [5.41, 5.74) is 7.80. The number of methoxy groups -OCH3 is 1. The molecule has 0 fully saturated rings. The Morgan fingerprint density at radius 3 is 2.45 bits per heavy atom. The molecule has 0 aliphatic carbocycles. The van der Waals surface area contributed by atoms with Crippen LogP contribution in [0.3, 0.4) is 0 Å². The van der Waals surface area contributed by atoms with Crippen LogP contribution in [0.4, 0.5) is 5.82 Å². The van der Waals surface area contributed by atoms with Crippen LogP contribution in [0.1, 0.15) is 13.8 Å². The molecule has 1 aromatic heterocycles. The standard InChI is InChI=1S/C14H18BrN3O2/c1-8(2)20-13-6-11(15)9(5-12(13)19-4)10-7-17-18(3)14(10)16/h5-8H,16H2,1-4H3. The summed E-state index contributed by atoms with van der Waals surface area (Å²) in [7, 11) is 3.42. The first-order chi connectivity index (χ1) is 9.43. The second kappa shape index (κ2) is 5.75. The minimum absolute atomic E-state index is 0.0742. The van der Waals surface area contributed by atoms with E-state index in [2.05, 4.69) is 21.0 Å². The maximum Gasteiger partial charge on any atom is 0.162 e. The molecule has 0 bridgehead atoms. The molecule has 2 N–H and O–H groups in total. The number of nitrogens with zero attached hydrogens (tertiary/aromatic N) is 2. The lowest BCUT2D eigenvalue weighted by Gasteiger charge is -2.16. The van der Waals surface area contributed by atoms with E-state index in [9.17, 15) is 0 Å². The Hall–Kier alpha value is -1.69. The molecule has 1 heterocycles. The summed E-state index contributed by atoms with van der Waals surface area (Å²) in [6, 6.07) is 3.79. The van der Waals surface area contributed by atoms with Crippen LogP contribution in [0.15, 0.2) is 22.8 Å². The van der Waals surface area contributed by atoms with Gasteiger partial charge in [-0.2, -0.15) is 5.10 Å². The lowest BCUT2D eigenvalue weighted by Crippen LogP contribution is -2.07. The number of hydrogen-bond donors (Lipinski definition) is 1. The fourth-order valence-electron chi connectivity index (χ4n) is 1.90. The smallest absolute Gasteiger partial charge is 0.162 e. The van der Waals surface area contributed by atoms with E-state index in [-0.39, 0.29) is 6.10 Å². The van der Waals surface area contributed by atoms with Crippen molar-refractivity contribution in [3.8, 4) is 22.6 Å². The molecule has 0 radical (unpaired) electrons. The fourth-order valence-corrected chi connectivity index (χ4v) is 2.44. The molecule has 0 atom stereocenters. The predicted molar refractivity (Wildman–Crippen MR) is 83.1 cm³/mol. The summed E-state index contributed by atoms with van der Waals surface area (Å²) >= 11 is 3.55. The zero-order valence-corrected chi connectivity index (χ0v) is 13.6. The van der Waals surface area contributed by atoms with Crippen molar-refractivity contribution < 1.29 is 9.47 Å². The Labute approximate surface area is 126 Å². The van der Waals surface area contributed by atoms with Crippen LogP contribution in [0, 0.1) is 0 Å². The van der Waals surface area contributed by atoms with Gasteiger partial charge in [0.05, 0.1) is 19.4 Å². The Bertz CT molecular complexity index is 623. The lowest BCUT2D eigenvalue weighted by molar-refractivity contribution is 0.230. The van der Waals surface area contributed by atoms with Crippen molar-refractivity contribution in [2.75, 3.05) is 12.8 Å². The maximum atomic E-state index is 6.02. The van der Waals surface area contributed by atoms with Crippen molar-refractivity contribution >= 4 is 21.7 Å². The number of benzene rings is 1. The van der Waals surface area contributed by atoms with E-state index in [0.717, 1.165) is 15.6 Å². The second-order valence-electron chi connectivity index (χ2n) is 4.72. The fraction of sp³-hybridized carbons (Fsp3) is 0.357. The summed E-state index contributed by atoms with van der Waals surface area (Å²) in [6.07, 6.45) is 1.81. The highest BCUT2D eigenvalue weighted by atomic mass is 79.9. The van der Waals surface area contributed by atoms with Gasteiger partial charge in [-0.3, -0.25) is 4.68 Å². The number of hydrogen-bond acceptors (Lipinski definition) is 4. The third-order valence-electron chi connectivity index (χ3n) is 2.89. The van der Waals surface area contributed by atoms with Gasteiger partial charge in [-0.1, -0.05) is 15.9 Å². The highest BCUT2D eigenvalue weighted by Gasteiger charge is 2.16. The van der Waals surface area contributed by atoms with Crippen LogP contribution in [-0.4, -0.2) is 23.0 Å². The monoisotopic (exact) mass is 339 g/mol. The number of anilines is 1. The van der Waals surface area contributed by atoms with Crippen molar-refractivity contribution in [1.82, 2.24) is 9.78 Å². The Morgan fingerprint density at radius 2 is 1.95 bits per heavy atom.